The third-order valence-corrected chi connectivity index (χ3v) is 3.52. The van der Waals surface area contributed by atoms with Gasteiger partial charge < -0.3 is 10.1 Å². The average molecular weight is 237 g/mol. The Labute approximate surface area is 103 Å². The van der Waals surface area contributed by atoms with Crippen LogP contribution in [0.5, 0.6) is 0 Å². The van der Waals surface area contributed by atoms with Crippen LogP contribution < -0.4 is 5.32 Å². The lowest BCUT2D eigenvalue weighted by Crippen LogP contribution is -2.28. The monoisotopic (exact) mass is 237 g/mol. The number of nitrogens with zero attached hydrogens (tertiary/aromatic N) is 2. The highest BCUT2D eigenvalue weighted by Crippen LogP contribution is 2.31. The van der Waals surface area contributed by atoms with Crippen molar-refractivity contribution in [2.75, 3.05) is 13.7 Å². The van der Waals surface area contributed by atoms with Crippen LogP contribution in [0.4, 0.5) is 0 Å². The van der Waals surface area contributed by atoms with Crippen molar-refractivity contribution in [2.24, 2.45) is 5.92 Å². The Morgan fingerprint density at radius 2 is 2.47 bits per heavy atom. The van der Waals surface area contributed by atoms with Crippen molar-refractivity contribution in [3.05, 3.63) is 18.0 Å². The fourth-order valence-corrected chi connectivity index (χ4v) is 2.71. The molecule has 0 bridgehead atoms. The Kier molecular flexibility index (Phi) is 4.18. The quantitative estimate of drug-likeness (QED) is 0.851. The Hall–Kier alpha value is -0.870. The Morgan fingerprint density at radius 1 is 1.65 bits per heavy atom. The highest BCUT2D eigenvalue weighted by Gasteiger charge is 2.31. The van der Waals surface area contributed by atoms with Gasteiger partial charge in [-0.25, -0.2) is 0 Å². The second-order valence-corrected chi connectivity index (χ2v) is 4.89. The summed E-state index contributed by atoms with van der Waals surface area (Å²) in [5, 5.41) is 7.83. The van der Waals surface area contributed by atoms with E-state index in [0.29, 0.717) is 18.1 Å². The number of nitrogens with one attached hydrogen (secondary N) is 1. The summed E-state index contributed by atoms with van der Waals surface area (Å²) in [4.78, 5) is 0. The number of hydrogen-bond acceptors (Lipinski definition) is 3. The van der Waals surface area contributed by atoms with Crippen molar-refractivity contribution in [1.29, 1.82) is 0 Å². The van der Waals surface area contributed by atoms with Gasteiger partial charge in [0.1, 0.15) is 0 Å². The molecule has 1 aliphatic heterocycles. The standard InChI is InChI=1S/C13H23N3O/c1-4-7-16-12(5-6-15-16)13(14-3)11-8-10(2)17-9-11/h5-6,10-11,13-14H,4,7-9H2,1-3H3. The average Bonchev–Trinajstić information content (AvgIpc) is 2.91. The fraction of sp³-hybridized carbons (Fsp3) is 0.769. The van der Waals surface area contributed by atoms with E-state index in [1.54, 1.807) is 0 Å². The molecular formula is C13H23N3O. The minimum Gasteiger partial charge on any atom is -0.378 e. The second-order valence-electron chi connectivity index (χ2n) is 4.89. The van der Waals surface area contributed by atoms with Gasteiger partial charge in [-0.05, 0) is 32.9 Å². The van der Waals surface area contributed by atoms with Crippen LogP contribution in [0.15, 0.2) is 12.3 Å². The van der Waals surface area contributed by atoms with Gasteiger partial charge in [0.2, 0.25) is 0 Å². The number of ether oxygens (including phenoxy) is 1. The number of rotatable bonds is 5. The highest BCUT2D eigenvalue weighted by molar-refractivity contribution is 5.09. The first-order chi connectivity index (χ1) is 8.26. The Balaban J connectivity index is 2.14. The lowest BCUT2D eigenvalue weighted by molar-refractivity contribution is 0.117. The molecule has 0 aliphatic carbocycles. The predicted molar refractivity (Wildman–Crippen MR) is 67.8 cm³/mol. The van der Waals surface area contributed by atoms with Gasteiger partial charge in [-0.3, -0.25) is 4.68 Å². The van der Waals surface area contributed by atoms with Crippen LogP contribution in [0, 0.1) is 5.92 Å². The van der Waals surface area contributed by atoms with E-state index in [-0.39, 0.29) is 0 Å². The predicted octanol–water partition coefficient (Wildman–Crippen LogP) is 1.98. The van der Waals surface area contributed by atoms with E-state index in [9.17, 15) is 0 Å². The summed E-state index contributed by atoms with van der Waals surface area (Å²) in [5.41, 5.74) is 1.29. The van der Waals surface area contributed by atoms with Gasteiger partial charge in [-0.1, -0.05) is 6.92 Å². The van der Waals surface area contributed by atoms with E-state index in [1.807, 2.05) is 13.2 Å². The van der Waals surface area contributed by atoms with Gasteiger partial charge in [-0.15, -0.1) is 0 Å². The summed E-state index contributed by atoms with van der Waals surface area (Å²) < 4.78 is 7.79. The van der Waals surface area contributed by atoms with Crippen molar-refractivity contribution in [3.8, 4) is 0 Å². The van der Waals surface area contributed by atoms with Gasteiger partial charge in [0.25, 0.3) is 0 Å². The van der Waals surface area contributed by atoms with Crippen molar-refractivity contribution in [2.45, 2.75) is 45.4 Å². The molecule has 3 atom stereocenters. The number of aromatic nitrogens is 2. The highest BCUT2D eigenvalue weighted by atomic mass is 16.5. The van der Waals surface area contributed by atoms with Crippen LogP contribution in [0.3, 0.4) is 0 Å². The third-order valence-electron chi connectivity index (χ3n) is 3.52. The van der Waals surface area contributed by atoms with Crippen LogP contribution in [0.25, 0.3) is 0 Å². The zero-order chi connectivity index (χ0) is 12.3. The normalized spacial score (nSPS) is 26.3. The van der Waals surface area contributed by atoms with Crippen LogP contribution >= 0.6 is 0 Å². The maximum Gasteiger partial charge on any atom is 0.0557 e. The molecule has 4 nitrogen and oxygen atoms in total. The van der Waals surface area contributed by atoms with Crippen molar-refractivity contribution in [1.82, 2.24) is 15.1 Å². The van der Waals surface area contributed by atoms with E-state index in [4.69, 9.17) is 4.74 Å². The second kappa shape index (κ2) is 5.65. The molecule has 2 rings (SSSR count). The van der Waals surface area contributed by atoms with Crippen molar-refractivity contribution in [3.63, 3.8) is 0 Å². The molecule has 3 unspecified atom stereocenters. The molecule has 2 heterocycles. The van der Waals surface area contributed by atoms with Gasteiger partial charge in [-0.2, -0.15) is 5.10 Å². The lowest BCUT2D eigenvalue weighted by Gasteiger charge is -2.23. The van der Waals surface area contributed by atoms with E-state index in [1.165, 1.54) is 5.69 Å². The molecule has 1 aromatic rings. The van der Waals surface area contributed by atoms with Gasteiger partial charge in [0.05, 0.1) is 24.4 Å². The maximum absolute atomic E-state index is 5.68. The SMILES string of the molecule is CCCn1nccc1C(NC)C1COC(C)C1. The minimum absolute atomic E-state index is 0.356. The Morgan fingerprint density at radius 3 is 3.06 bits per heavy atom. The molecule has 1 N–H and O–H groups in total. The summed E-state index contributed by atoms with van der Waals surface area (Å²) in [5.74, 6) is 0.558. The van der Waals surface area contributed by atoms with Crippen LogP contribution in [0.1, 0.15) is 38.4 Å². The first-order valence-corrected chi connectivity index (χ1v) is 6.56. The van der Waals surface area contributed by atoms with Crippen LogP contribution in [0.2, 0.25) is 0 Å². The molecule has 1 saturated heterocycles. The summed E-state index contributed by atoms with van der Waals surface area (Å²) >= 11 is 0. The van der Waals surface area contributed by atoms with Crippen molar-refractivity contribution >= 4 is 0 Å². The molecule has 1 fully saturated rings. The summed E-state index contributed by atoms with van der Waals surface area (Å²) in [6.45, 7) is 6.17. The zero-order valence-electron chi connectivity index (χ0n) is 11.0. The molecule has 0 amide bonds. The van der Waals surface area contributed by atoms with Gasteiger partial charge in [0.15, 0.2) is 0 Å². The third kappa shape index (κ3) is 2.69. The first-order valence-electron chi connectivity index (χ1n) is 6.56. The molecule has 1 aromatic heterocycles. The summed E-state index contributed by atoms with van der Waals surface area (Å²) in [6.07, 6.45) is 4.53. The molecule has 0 spiro atoms. The number of hydrogen-bond donors (Lipinski definition) is 1. The van der Waals surface area contributed by atoms with Crippen LogP contribution in [-0.2, 0) is 11.3 Å². The smallest absolute Gasteiger partial charge is 0.0557 e. The molecule has 17 heavy (non-hydrogen) atoms. The minimum atomic E-state index is 0.356. The largest absolute Gasteiger partial charge is 0.378 e. The topological polar surface area (TPSA) is 39.1 Å². The molecule has 1 aliphatic rings. The van der Waals surface area contributed by atoms with E-state index in [2.05, 4.69) is 35.0 Å². The van der Waals surface area contributed by atoms with Gasteiger partial charge in [0, 0.05) is 18.7 Å². The molecule has 0 aromatic carbocycles. The maximum atomic E-state index is 5.68. The zero-order valence-corrected chi connectivity index (χ0v) is 11.0. The summed E-state index contributed by atoms with van der Waals surface area (Å²) in [7, 11) is 2.02. The molecular weight excluding hydrogens is 214 g/mol. The number of aryl methyl sites for hydroxylation is 1. The first kappa shape index (κ1) is 12.6. The van der Waals surface area contributed by atoms with Gasteiger partial charge >= 0.3 is 0 Å². The van der Waals surface area contributed by atoms with Crippen LogP contribution in [-0.4, -0.2) is 29.5 Å². The fourth-order valence-electron chi connectivity index (χ4n) is 2.71. The Bertz CT molecular complexity index is 350. The molecule has 0 saturated carbocycles. The van der Waals surface area contributed by atoms with E-state index >= 15 is 0 Å². The van der Waals surface area contributed by atoms with E-state index < -0.39 is 0 Å². The molecule has 4 heteroatoms. The molecule has 0 radical (unpaired) electrons. The summed E-state index contributed by atoms with van der Waals surface area (Å²) in [6, 6.07) is 2.48. The van der Waals surface area contributed by atoms with Crippen molar-refractivity contribution < 1.29 is 4.74 Å². The molecule has 96 valence electrons. The van der Waals surface area contributed by atoms with E-state index in [0.717, 1.165) is 26.0 Å². The lowest BCUT2D eigenvalue weighted by atomic mass is 9.94.